The number of hydrogen-bond donors (Lipinski definition) is 2. The topological polar surface area (TPSA) is 49.7 Å². The quantitative estimate of drug-likeness (QED) is 0.419. The molecular weight excluding hydrogens is 116 g/mol. The van der Waals surface area contributed by atoms with Gasteiger partial charge in [0.05, 0.1) is 5.94 Å². The van der Waals surface area contributed by atoms with Crippen LogP contribution >= 0.6 is 11.8 Å². The molecule has 2 N–H and O–H groups in total. The van der Waals surface area contributed by atoms with E-state index in [-0.39, 0.29) is 6.61 Å². The fraction of sp³-hybridized carbons (Fsp3) is 1.00. The molecule has 0 unspecified atom stereocenters. The SMILES string of the molecule is OC1(O)COCS1. The molecule has 4 heteroatoms. The van der Waals surface area contributed by atoms with Gasteiger partial charge in [-0.3, -0.25) is 0 Å². The second-order valence-electron chi connectivity index (χ2n) is 1.35. The van der Waals surface area contributed by atoms with Crippen molar-refractivity contribution in [2.24, 2.45) is 0 Å². The van der Waals surface area contributed by atoms with Crippen LogP contribution in [-0.4, -0.2) is 27.9 Å². The van der Waals surface area contributed by atoms with Crippen molar-refractivity contribution in [1.29, 1.82) is 0 Å². The van der Waals surface area contributed by atoms with Gasteiger partial charge in [0.25, 0.3) is 0 Å². The van der Waals surface area contributed by atoms with E-state index in [4.69, 9.17) is 10.2 Å². The molecule has 0 radical (unpaired) electrons. The van der Waals surface area contributed by atoms with Gasteiger partial charge in [0.1, 0.15) is 6.61 Å². The molecule has 0 bridgehead atoms. The van der Waals surface area contributed by atoms with Crippen LogP contribution in [-0.2, 0) is 4.74 Å². The number of hydrogen-bond acceptors (Lipinski definition) is 4. The molecule has 1 aliphatic heterocycles. The normalized spacial score (nSPS) is 28.3. The first kappa shape index (κ1) is 5.37. The van der Waals surface area contributed by atoms with Gasteiger partial charge in [-0.2, -0.15) is 0 Å². The molecule has 0 aromatic heterocycles. The van der Waals surface area contributed by atoms with Crippen LogP contribution in [0.4, 0.5) is 0 Å². The predicted octanol–water partition coefficient (Wildman–Crippen LogP) is -0.654. The van der Waals surface area contributed by atoms with E-state index in [1.165, 1.54) is 0 Å². The zero-order valence-corrected chi connectivity index (χ0v) is 4.44. The highest BCUT2D eigenvalue weighted by atomic mass is 32.2. The van der Waals surface area contributed by atoms with Gasteiger partial charge in [0.2, 0.25) is 5.12 Å². The van der Waals surface area contributed by atoms with Gasteiger partial charge in [-0.25, -0.2) is 0 Å². The van der Waals surface area contributed by atoms with Gasteiger partial charge in [-0.05, 0) is 0 Å². The molecule has 3 nitrogen and oxygen atoms in total. The first-order chi connectivity index (χ1) is 3.21. The van der Waals surface area contributed by atoms with Crippen molar-refractivity contribution in [3.05, 3.63) is 0 Å². The Morgan fingerprint density at radius 3 is 2.43 bits per heavy atom. The smallest absolute Gasteiger partial charge is 0.239 e. The fourth-order valence-electron chi connectivity index (χ4n) is 0.352. The van der Waals surface area contributed by atoms with Gasteiger partial charge in [-0.1, -0.05) is 11.8 Å². The van der Waals surface area contributed by atoms with E-state index in [1.54, 1.807) is 0 Å². The highest BCUT2D eigenvalue weighted by Gasteiger charge is 2.29. The molecule has 0 aromatic rings. The molecule has 1 rings (SSSR count). The number of thioether (sulfide) groups is 1. The zero-order valence-electron chi connectivity index (χ0n) is 3.63. The van der Waals surface area contributed by atoms with Gasteiger partial charge in [0.15, 0.2) is 0 Å². The maximum atomic E-state index is 8.59. The molecule has 42 valence electrons. The average molecular weight is 122 g/mol. The van der Waals surface area contributed by atoms with Crippen LogP contribution < -0.4 is 0 Å². The van der Waals surface area contributed by atoms with Crippen LogP contribution in [0.2, 0.25) is 0 Å². The van der Waals surface area contributed by atoms with E-state index in [2.05, 4.69) is 4.74 Å². The highest BCUT2D eigenvalue weighted by Crippen LogP contribution is 2.25. The molecular formula is C3H6O3S. The predicted molar refractivity (Wildman–Crippen MR) is 25.6 cm³/mol. The lowest BCUT2D eigenvalue weighted by molar-refractivity contribution is -0.103. The number of aliphatic hydroxyl groups is 2. The lowest BCUT2D eigenvalue weighted by Crippen LogP contribution is -2.23. The van der Waals surface area contributed by atoms with E-state index in [0.717, 1.165) is 11.8 Å². The van der Waals surface area contributed by atoms with E-state index in [0.29, 0.717) is 5.94 Å². The van der Waals surface area contributed by atoms with Crippen LogP contribution in [0.5, 0.6) is 0 Å². The average Bonchev–Trinajstić information content (AvgIpc) is 1.84. The Kier molecular flexibility index (Phi) is 1.25. The Bertz CT molecular complexity index is 64.6. The van der Waals surface area contributed by atoms with E-state index in [1.807, 2.05) is 0 Å². The standard InChI is InChI=1S/C3H6O3S/c4-3(5)1-6-2-7-3/h4-5H,1-2H2. The maximum absolute atomic E-state index is 8.59. The summed E-state index contributed by atoms with van der Waals surface area (Å²) in [5.74, 6) is 0.382. The summed E-state index contributed by atoms with van der Waals surface area (Å²) >= 11 is 0.988. The van der Waals surface area contributed by atoms with Crippen LogP contribution in [0.1, 0.15) is 0 Å². The van der Waals surface area contributed by atoms with Gasteiger partial charge in [0, 0.05) is 0 Å². The van der Waals surface area contributed by atoms with Crippen molar-refractivity contribution in [1.82, 2.24) is 0 Å². The second kappa shape index (κ2) is 1.63. The first-order valence-corrected chi connectivity index (χ1v) is 2.86. The Morgan fingerprint density at radius 2 is 2.29 bits per heavy atom. The summed E-state index contributed by atoms with van der Waals surface area (Å²) in [5.41, 5.74) is 0. The summed E-state index contributed by atoms with van der Waals surface area (Å²) < 4.78 is 4.62. The minimum Gasteiger partial charge on any atom is -0.364 e. The molecule has 1 heterocycles. The molecule has 0 aliphatic carbocycles. The maximum Gasteiger partial charge on any atom is 0.239 e. The summed E-state index contributed by atoms with van der Waals surface area (Å²) in [4.78, 5) is 0. The summed E-state index contributed by atoms with van der Waals surface area (Å²) in [7, 11) is 0. The highest BCUT2D eigenvalue weighted by molar-refractivity contribution is 8.00. The molecule has 1 aliphatic rings. The third-order valence-electron chi connectivity index (χ3n) is 0.664. The lowest BCUT2D eigenvalue weighted by Gasteiger charge is -2.07. The summed E-state index contributed by atoms with van der Waals surface area (Å²) in [6.45, 7) is 0.0255. The van der Waals surface area contributed by atoms with Crippen LogP contribution in [0.3, 0.4) is 0 Å². The molecule has 0 amide bonds. The van der Waals surface area contributed by atoms with E-state index < -0.39 is 5.12 Å². The van der Waals surface area contributed by atoms with Crippen molar-refractivity contribution in [3.63, 3.8) is 0 Å². The third kappa shape index (κ3) is 1.31. The fourth-order valence-corrected chi connectivity index (χ4v) is 0.874. The molecule has 0 saturated carbocycles. The summed E-state index contributed by atoms with van der Waals surface area (Å²) in [6.07, 6.45) is 0. The Labute approximate surface area is 45.3 Å². The summed E-state index contributed by atoms with van der Waals surface area (Å²) in [5, 5.41) is 15.6. The number of ether oxygens (including phenoxy) is 1. The lowest BCUT2D eigenvalue weighted by atomic mass is 10.7. The minimum atomic E-state index is -1.61. The largest absolute Gasteiger partial charge is 0.364 e. The minimum absolute atomic E-state index is 0.0255. The van der Waals surface area contributed by atoms with E-state index >= 15 is 0 Å². The molecule has 0 spiro atoms. The Morgan fingerprint density at radius 1 is 1.57 bits per heavy atom. The van der Waals surface area contributed by atoms with Crippen molar-refractivity contribution in [3.8, 4) is 0 Å². The molecule has 0 atom stereocenters. The van der Waals surface area contributed by atoms with Gasteiger partial charge in [-0.15, -0.1) is 0 Å². The first-order valence-electron chi connectivity index (χ1n) is 1.87. The van der Waals surface area contributed by atoms with Crippen LogP contribution in [0.15, 0.2) is 0 Å². The van der Waals surface area contributed by atoms with Crippen molar-refractivity contribution < 1.29 is 14.9 Å². The third-order valence-corrected chi connectivity index (χ3v) is 1.53. The van der Waals surface area contributed by atoms with Crippen molar-refractivity contribution in [2.75, 3.05) is 12.5 Å². The monoisotopic (exact) mass is 122 g/mol. The van der Waals surface area contributed by atoms with Crippen LogP contribution in [0, 0.1) is 0 Å². The molecule has 7 heavy (non-hydrogen) atoms. The summed E-state index contributed by atoms with van der Waals surface area (Å²) in [6, 6.07) is 0. The van der Waals surface area contributed by atoms with Crippen molar-refractivity contribution in [2.45, 2.75) is 5.12 Å². The Balaban J connectivity index is 2.40. The van der Waals surface area contributed by atoms with E-state index in [9.17, 15) is 0 Å². The van der Waals surface area contributed by atoms with Crippen molar-refractivity contribution >= 4 is 11.8 Å². The van der Waals surface area contributed by atoms with Gasteiger partial charge < -0.3 is 14.9 Å². The Hall–Kier alpha value is 0.230. The molecule has 0 aromatic carbocycles. The molecule has 1 fully saturated rings. The van der Waals surface area contributed by atoms with Crippen LogP contribution in [0.25, 0.3) is 0 Å². The number of rotatable bonds is 0. The zero-order chi connectivity index (χ0) is 5.33. The second-order valence-corrected chi connectivity index (χ2v) is 2.53. The molecule has 1 saturated heterocycles. The van der Waals surface area contributed by atoms with Gasteiger partial charge >= 0.3 is 0 Å².